The maximum absolute atomic E-state index is 12.4. The number of hydrogen-bond donors (Lipinski definition) is 2. The number of fused-ring (bicyclic) bond motifs is 1. The molecule has 0 aromatic heterocycles. The number of anilines is 1. The number of rotatable bonds is 3. The Morgan fingerprint density at radius 2 is 2.00 bits per heavy atom. The summed E-state index contributed by atoms with van der Waals surface area (Å²) in [4.78, 5) is 51.4. The van der Waals surface area contributed by atoms with Crippen molar-refractivity contribution in [3.63, 3.8) is 0 Å². The molecule has 2 saturated heterocycles. The Morgan fingerprint density at radius 3 is 2.73 bits per heavy atom. The third-order valence-electron chi connectivity index (χ3n) is 4.74. The molecule has 8 heteroatoms. The number of piperazine rings is 2. The average molecular weight is 358 g/mol. The van der Waals surface area contributed by atoms with Crippen molar-refractivity contribution in [1.82, 2.24) is 15.1 Å². The topological polar surface area (TPSA) is 98.8 Å². The molecular formula is C18H22N4O4. The number of nitrogens with zero attached hydrogens (tertiary/aromatic N) is 2. The second kappa shape index (κ2) is 7.15. The Balaban J connectivity index is 1.58. The van der Waals surface area contributed by atoms with Gasteiger partial charge in [0.2, 0.25) is 23.6 Å². The molecule has 138 valence electrons. The second-order valence-corrected chi connectivity index (χ2v) is 6.70. The van der Waals surface area contributed by atoms with Crippen LogP contribution in [0.4, 0.5) is 5.69 Å². The Kier molecular flexibility index (Phi) is 4.92. The molecule has 0 bridgehead atoms. The summed E-state index contributed by atoms with van der Waals surface area (Å²) >= 11 is 0. The highest BCUT2D eigenvalue weighted by atomic mass is 16.2. The number of carbonyl (C=O) groups is 4. The number of benzene rings is 1. The molecule has 0 aliphatic carbocycles. The normalized spacial score (nSPS) is 19.7. The highest BCUT2D eigenvalue weighted by Gasteiger charge is 2.39. The number of amides is 4. The summed E-state index contributed by atoms with van der Waals surface area (Å²) in [5, 5.41) is 5.28. The highest BCUT2D eigenvalue weighted by molar-refractivity contribution is 6.04. The van der Waals surface area contributed by atoms with Crippen molar-refractivity contribution in [3.8, 4) is 0 Å². The Labute approximate surface area is 151 Å². The van der Waals surface area contributed by atoms with Crippen molar-refractivity contribution in [1.29, 1.82) is 0 Å². The number of hydrogen-bond acceptors (Lipinski definition) is 4. The second-order valence-electron chi connectivity index (χ2n) is 6.70. The van der Waals surface area contributed by atoms with E-state index in [4.69, 9.17) is 0 Å². The van der Waals surface area contributed by atoms with Crippen molar-refractivity contribution < 1.29 is 19.2 Å². The lowest BCUT2D eigenvalue weighted by molar-refractivity contribution is -0.152. The lowest BCUT2D eigenvalue weighted by atomic mass is 10.1. The summed E-state index contributed by atoms with van der Waals surface area (Å²) in [7, 11) is 0. The number of aryl methyl sites for hydroxylation is 2. The summed E-state index contributed by atoms with van der Waals surface area (Å²) in [5.74, 6) is -1.15. The molecule has 4 amide bonds. The predicted molar refractivity (Wildman–Crippen MR) is 94.3 cm³/mol. The largest absolute Gasteiger partial charge is 0.345 e. The summed E-state index contributed by atoms with van der Waals surface area (Å²) in [6, 6.07) is 4.98. The summed E-state index contributed by atoms with van der Waals surface area (Å²) in [5.41, 5.74) is 2.70. The molecule has 8 nitrogen and oxygen atoms in total. The molecule has 0 unspecified atom stereocenters. The van der Waals surface area contributed by atoms with Gasteiger partial charge in [-0.25, -0.2) is 0 Å². The van der Waals surface area contributed by atoms with Gasteiger partial charge in [-0.2, -0.15) is 0 Å². The van der Waals surface area contributed by atoms with Gasteiger partial charge in [0.15, 0.2) is 0 Å². The number of carbonyl (C=O) groups excluding carboxylic acids is 4. The van der Waals surface area contributed by atoms with Gasteiger partial charge in [-0.3, -0.25) is 19.2 Å². The van der Waals surface area contributed by atoms with E-state index >= 15 is 0 Å². The smallest absolute Gasteiger partial charge is 0.245 e. The molecule has 2 fully saturated rings. The Morgan fingerprint density at radius 1 is 1.23 bits per heavy atom. The van der Waals surface area contributed by atoms with Crippen molar-refractivity contribution in [2.75, 3.05) is 31.5 Å². The molecule has 2 aliphatic rings. The van der Waals surface area contributed by atoms with E-state index in [1.165, 1.54) is 9.80 Å². The first-order chi connectivity index (χ1) is 12.3. The molecule has 0 saturated carbocycles. The Hall–Kier alpha value is -2.90. The quantitative estimate of drug-likeness (QED) is 0.731. The van der Waals surface area contributed by atoms with Crippen LogP contribution in [0.5, 0.6) is 0 Å². The first-order valence-corrected chi connectivity index (χ1v) is 8.57. The van der Waals surface area contributed by atoms with Crippen LogP contribution < -0.4 is 10.6 Å². The van der Waals surface area contributed by atoms with Crippen LogP contribution in [0.25, 0.3) is 0 Å². The zero-order chi connectivity index (χ0) is 18.8. The Bertz CT molecular complexity index is 776. The minimum absolute atomic E-state index is 0.00157. The molecule has 3 rings (SSSR count). The molecule has 1 aromatic carbocycles. The average Bonchev–Trinajstić information content (AvgIpc) is 2.60. The van der Waals surface area contributed by atoms with Gasteiger partial charge in [0.1, 0.15) is 12.5 Å². The van der Waals surface area contributed by atoms with E-state index in [2.05, 4.69) is 10.6 Å². The van der Waals surface area contributed by atoms with Gasteiger partial charge in [0.05, 0.1) is 13.1 Å². The van der Waals surface area contributed by atoms with E-state index in [1.54, 1.807) is 0 Å². The van der Waals surface area contributed by atoms with E-state index in [0.29, 0.717) is 18.8 Å². The van der Waals surface area contributed by atoms with Gasteiger partial charge in [-0.1, -0.05) is 17.7 Å². The zero-order valence-electron chi connectivity index (χ0n) is 14.9. The molecule has 26 heavy (non-hydrogen) atoms. The molecule has 0 spiro atoms. The number of nitrogens with one attached hydrogen (secondary N) is 2. The van der Waals surface area contributed by atoms with Crippen LogP contribution in [0.15, 0.2) is 18.2 Å². The summed E-state index contributed by atoms with van der Waals surface area (Å²) in [6.45, 7) is 4.61. The molecule has 1 atom stereocenters. The fourth-order valence-electron chi connectivity index (χ4n) is 3.31. The van der Waals surface area contributed by atoms with Crippen LogP contribution in [0.1, 0.15) is 17.5 Å². The summed E-state index contributed by atoms with van der Waals surface area (Å²) < 4.78 is 0. The van der Waals surface area contributed by atoms with E-state index < -0.39 is 11.9 Å². The molecular weight excluding hydrogens is 336 g/mol. The van der Waals surface area contributed by atoms with E-state index in [0.717, 1.165) is 11.1 Å². The molecule has 2 N–H and O–H groups in total. The van der Waals surface area contributed by atoms with Crippen LogP contribution in [-0.4, -0.2) is 65.6 Å². The van der Waals surface area contributed by atoms with Crippen LogP contribution in [0.3, 0.4) is 0 Å². The lowest BCUT2D eigenvalue weighted by Gasteiger charge is -2.42. The van der Waals surface area contributed by atoms with Crippen LogP contribution in [-0.2, 0) is 19.2 Å². The standard InChI is InChI=1S/C18H22N4O4/c1-11-3-4-13(12(2)7-11)20-15(23)8-16(24)21-5-6-22-14(10-21)18(26)19-9-17(22)25/h3-4,7,14H,5-6,8-10H2,1-2H3,(H,19,26)(H,20,23)/t14-/m0/s1. The SMILES string of the molecule is Cc1ccc(NC(=O)CC(=O)N2CCN3C(=O)CNC(=O)[C@@H]3C2)c(C)c1. The van der Waals surface area contributed by atoms with Gasteiger partial charge in [0, 0.05) is 18.8 Å². The molecule has 1 aromatic rings. The minimum Gasteiger partial charge on any atom is -0.345 e. The van der Waals surface area contributed by atoms with Gasteiger partial charge >= 0.3 is 0 Å². The van der Waals surface area contributed by atoms with Crippen LogP contribution >= 0.6 is 0 Å². The first kappa shape index (κ1) is 17.9. The monoisotopic (exact) mass is 358 g/mol. The third kappa shape index (κ3) is 3.68. The fourth-order valence-corrected chi connectivity index (χ4v) is 3.31. The van der Waals surface area contributed by atoms with Gasteiger partial charge in [-0.05, 0) is 25.5 Å². The maximum Gasteiger partial charge on any atom is 0.245 e. The van der Waals surface area contributed by atoms with Gasteiger partial charge in [-0.15, -0.1) is 0 Å². The zero-order valence-corrected chi connectivity index (χ0v) is 14.9. The summed E-state index contributed by atoms with van der Waals surface area (Å²) in [6.07, 6.45) is -0.296. The molecule has 2 aliphatic heterocycles. The fraction of sp³-hybridized carbons (Fsp3) is 0.444. The van der Waals surface area contributed by atoms with Crippen molar-refractivity contribution in [3.05, 3.63) is 29.3 Å². The first-order valence-electron chi connectivity index (χ1n) is 8.57. The van der Waals surface area contributed by atoms with Crippen LogP contribution in [0.2, 0.25) is 0 Å². The third-order valence-corrected chi connectivity index (χ3v) is 4.74. The van der Waals surface area contributed by atoms with E-state index in [9.17, 15) is 19.2 Å². The van der Waals surface area contributed by atoms with E-state index in [-0.39, 0.29) is 37.2 Å². The highest BCUT2D eigenvalue weighted by Crippen LogP contribution is 2.17. The van der Waals surface area contributed by atoms with Gasteiger partial charge in [0.25, 0.3) is 0 Å². The maximum atomic E-state index is 12.4. The lowest BCUT2D eigenvalue weighted by Crippen LogP contribution is -2.66. The predicted octanol–water partition coefficient (Wildman–Crippen LogP) is -0.199. The van der Waals surface area contributed by atoms with Crippen molar-refractivity contribution >= 4 is 29.3 Å². The van der Waals surface area contributed by atoms with Crippen LogP contribution in [0, 0.1) is 13.8 Å². The van der Waals surface area contributed by atoms with Crippen molar-refractivity contribution in [2.24, 2.45) is 0 Å². The molecule has 2 heterocycles. The van der Waals surface area contributed by atoms with Gasteiger partial charge < -0.3 is 20.4 Å². The van der Waals surface area contributed by atoms with Crippen molar-refractivity contribution in [2.45, 2.75) is 26.3 Å². The minimum atomic E-state index is -0.670. The molecule has 0 radical (unpaired) electrons. The van der Waals surface area contributed by atoms with E-state index in [1.807, 2.05) is 32.0 Å².